The molecule has 0 aromatic heterocycles. The normalized spacial score (nSPS) is 63.0. The van der Waals surface area contributed by atoms with Gasteiger partial charge >= 0.3 is 0 Å². The van der Waals surface area contributed by atoms with Crippen LogP contribution in [0.25, 0.3) is 0 Å². The minimum Gasteiger partial charge on any atom is -0.363 e. The van der Waals surface area contributed by atoms with E-state index in [-0.39, 0.29) is 0 Å². The number of aliphatic hydroxyl groups is 2. The van der Waals surface area contributed by atoms with Crippen molar-refractivity contribution in [3.63, 3.8) is 0 Å². The van der Waals surface area contributed by atoms with Crippen molar-refractivity contribution in [1.82, 2.24) is 0 Å². The Morgan fingerprint density at radius 3 is 1.29 bits per heavy atom. The van der Waals surface area contributed by atoms with E-state index in [0.29, 0.717) is 12.8 Å². The van der Waals surface area contributed by atoms with Gasteiger partial charge in [0.1, 0.15) is 11.2 Å². The SMILES string of the molecule is C[C@]1(O)O[C@@]2(C)CC[C@@]1(C)O[C@]2(C)O. The number of rotatable bonds is 0. The van der Waals surface area contributed by atoms with Crippen LogP contribution in [0.5, 0.6) is 0 Å². The molecule has 0 unspecified atom stereocenters. The third kappa shape index (κ3) is 1.03. The monoisotopic (exact) mass is 202 g/mol. The van der Waals surface area contributed by atoms with Gasteiger partial charge in [0.25, 0.3) is 0 Å². The Morgan fingerprint density at radius 1 is 0.786 bits per heavy atom. The van der Waals surface area contributed by atoms with Gasteiger partial charge in [-0.2, -0.15) is 0 Å². The second kappa shape index (κ2) is 2.32. The fourth-order valence-corrected chi connectivity index (χ4v) is 2.33. The second-order valence-corrected chi connectivity index (χ2v) is 5.13. The van der Waals surface area contributed by atoms with Crippen LogP contribution in [0.15, 0.2) is 0 Å². The zero-order chi connectivity index (χ0) is 10.8. The minimum absolute atomic E-state index is 0.687. The summed E-state index contributed by atoms with van der Waals surface area (Å²) in [6.45, 7) is 6.69. The van der Waals surface area contributed by atoms with E-state index in [4.69, 9.17) is 9.47 Å². The van der Waals surface area contributed by atoms with Crippen molar-refractivity contribution in [2.24, 2.45) is 0 Å². The molecule has 3 heterocycles. The zero-order valence-electron chi connectivity index (χ0n) is 9.13. The van der Waals surface area contributed by atoms with E-state index >= 15 is 0 Å². The molecule has 2 N–H and O–H groups in total. The lowest BCUT2D eigenvalue weighted by atomic mass is 9.74. The van der Waals surface area contributed by atoms with Crippen molar-refractivity contribution in [2.75, 3.05) is 0 Å². The van der Waals surface area contributed by atoms with Crippen molar-refractivity contribution < 1.29 is 19.7 Å². The average molecular weight is 202 g/mol. The fourth-order valence-electron chi connectivity index (χ4n) is 2.33. The molecule has 14 heavy (non-hydrogen) atoms. The highest BCUT2D eigenvalue weighted by molar-refractivity contribution is 5.08. The lowest BCUT2D eigenvalue weighted by molar-refractivity contribution is -0.497. The molecule has 0 aromatic rings. The Hall–Kier alpha value is -0.160. The van der Waals surface area contributed by atoms with E-state index in [2.05, 4.69) is 0 Å². The summed E-state index contributed by atoms with van der Waals surface area (Å²) in [5, 5.41) is 20.1. The molecule has 82 valence electrons. The topological polar surface area (TPSA) is 58.9 Å². The van der Waals surface area contributed by atoms with Gasteiger partial charge in [0.05, 0.1) is 0 Å². The Labute approximate surface area is 83.8 Å². The minimum atomic E-state index is -1.33. The molecule has 0 radical (unpaired) electrons. The summed E-state index contributed by atoms with van der Waals surface area (Å²) in [5.74, 6) is -2.66. The third-order valence-corrected chi connectivity index (χ3v) is 3.89. The van der Waals surface area contributed by atoms with Crippen molar-refractivity contribution in [3.05, 3.63) is 0 Å². The van der Waals surface area contributed by atoms with Crippen LogP contribution < -0.4 is 0 Å². The van der Waals surface area contributed by atoms with Gasteiger partial charge in [-0.25, -0.2) is 0 Å². The van der Waals surface area contributed by atoms with Crippen LogP contribution in [0, 0.1) is 0 Å². The van der Waals surface area contributed by atoms with Gasteiger partial charge < -0.3 is 19.7 Å². The highest BCUT2D eigenvalue weighted by Gasteiger charge is 2.67. The first kappa shape index (κ1) is 10.4. The molecule has 3 rings (SSSR count). The van der Waals surface area contributed by atoms with Crippen molar-refractivity contribution >= 4 is 0 Å². The third-order valence-electron chi connectivity index (χ3n) is 3.89. The summed E-state index contributed by atoms with van der Waals surface area (Å²) in [6, 6.07) is 0. The van der Waals surface area contributed by atoms with Crippen LogP contribution in [0.1, 0.15) is 40.5 Å². The van der Waals surface area contributed by atoms with Gasteiger partial charge in [0.2, 0.25) is 0 Å². The maximum absolute atomic E-state index is 10.1. The standard InChI is InChI=1S/C10H18O4/c1-7-5-6-8(2,10(4,12)13-7)14-9(7,3)11/h11-12H,5-6H2,1-4H3/t7-,8+,9-,10-/m0/s1. The molecule has 3 aliphatic heterocycles. The molecule has 0 aliphatic carbocycles. The van der Waals surface area contributed by atoms with Crippen LogP contribution in [-0.2, 0) is 9.47 Å². The predicted octanol–water partition coefficient (Wildman–Crippen LogP) is 0.761. The first-order chi connectivity index (χ1) is 6.12. The summed E-state index contributed by atoms with van der Waals surface area (Å²) < 4.78 is 11.1. The summed E-state index contributed by atoms with van der Waals surface area (Å²) >= 11 is 0. The zero-order valence-corrected chi connectivity index (χ0v) is 9.13. The number of hydrogen-bond acceptors (Lipinski definition) is 4. The Bertz CT molecular complexity index is 245. The van der Waals surface area contributed by atoms with Crippen LogP contribution >= 0.6 is 0 Å². The predicted molar refractivity (Wildman–Crippen MR) is 49.5 cm³/mol. The molecule has 4 heteroatoms. The molecule has 0 amide bonds. The first-order valence-electron chi connectivity index (χ1n) is 4.97. The molecule has 0 aromatic carbocycles. The van der Waals surface area contributed by atoms with Crippen molar-refractivity contribution in [2.45, 2.75) is 63.3 Å². The largest absolute Gasteiger partial charge is 0.363 e. The molecule has 2 bridgehead atoms. The molecule has 3 saturated heterocycles. The van der Waals surface area contributed by atoms with E-state index in [1.54, 1.807) is 27.7 Å². The lowest BCUT2D eigenvalue weighted by Gasteiger charge is -2.63. The second-order valence-electron chi connectivity index (χ2n) is 5.13. The molecule has 3 aliphatic rings. The molecule has 4 atom stereocenters. The number of fused-ring (bicyclic) bond motifs is 3. The van der Waals surface area contributed by atoms with Gasteiger partial charge in [-0.1, -0.05) is 0 Å². The summed E-state index contributed by atoms with van der Waals surface area (Å²) in [7, 11) is 0. The van der Waals surface area contributed by atoms with E-state index in [1.807, 2.05) is 0 Å². The average Bonchev–Trinajstić information content (AvgIpc) is 1.94. The van der Waals surface area contributed by atoms with Gasteiger partial charge in [-0.05, 0) is 40.5 Å². The van der Waals surface area contributed by atoms with E-state index in [9.17, 15) is 10.2 Å². The van der Waals surface area contributed by atoms with Gasteiger partial charge in [-0.15, -0.1) is 0 Å². The maximum atomic E-state index is 10.1. The molecule has 3 fully saturated rings. The van der Waals surface area contributed by atoms with Crippen LogP contribution in [0.4, 0.5) is 0 Å². The summed E-state index contributed by atoms with van der Waals surface area (Å²) in [5.41, 5.74) is -1.65. The van der Waals surface area contributed by atoms with E-state index in [1.165, 1.54) is 0 Å². The molecule has 0 saturated carbocycles. The molecule has 4 nitrogen and oxygen atoms in total. The van der Waals surface area contributed by atoms with Crippen LogP contribution in [0.3, 0.4) is 0 Å². The smallest absolute Gasteiger partial charge is 0.192 e. The van der Waals surface area contributed by atoms with Crippen molar-refractivity contribution in [1.29, 1.82) is 0 Å². The van der Waals surface area contributed by atoms with E-state index in [0.717, 1.165) is 0 Å². The molecule has 0 spiro atoms. The van der Waals surface area contributed by atoms with Crippen LogP contribution in [-0.4, -0.2) is 33.0 Å². The summed E-state index contributed by atoms with van der Waals surface area (Å²) in [6.07, 6.45) is 1.37. The van der Waals surface area contributed by atoms with Gasteiger partial charge in [-0.3, -0.25) is 0 Å². The molecular weight excluding hydrogens is 184 g/mol. The van der Waals surface area contributed by atoms with E-state index < -0.39 is 22.8 Å². The highest BCUT2D eigenvalue weighted by atomic mass is 16.8. The number of ether oxygens (including phenoxy) is 2. The fraction of sp³-hybridized carbons (Fsp3) is 1.00. The summed E-state index contributed by atoms with van der Waals surface area (Å²) in [4.78, 5) is 0. The van der Waals surface area contributed by atoms with Gasteiger partial charge in [0, 0.05) is 0 Å². The Kier molecular flexibility index (Phi) is 1.72. The lowest BCUT2D eigenvalue weighted by Crippen LogP contribution is -2.76. The van der Waals surface area contributed by atoms with Crippen LogP contribution in [0.2, 0.25) is 0 Å². The van der Waals surface area contributed by atoms with Crippen molar-refractivity contribution in [3.8, 4) is 0 Å². The Balaban J connectivity index is 2.43. The number of hydrogen-bond donors (Lipinski definition) is 2. The Morgan fingerprint density at radius 2 is 1.07 bits per heavy atom. The first-order valence-corrected chi connectivity index (χ1v) is 4.97. The molecular formula is C10H18O4. The maximum Gasteiger partial charge on any atom is 0.192 e. The quantitative estimate of drug-likeness (QED) is 0.609. The van der Waals surface area contributed by atoms with Gasteiger partial charge in [0.15, 0.2) is 11.6 Å². The highest BCUT2D eigenvalue weighted by Crippen LogP contribution is 2.54.